The van der Waals surface area contributed by atoms with Crippen LogP contribution in [-0.2, 0) is 0 Å². The highest BCUT2D eigenvalue weighted by atomic mass is 79.9. The molecule has 0 aliphatic heterocycles. The summed E-state index contributed by atoms with van der Waals surface area (Å²) >= 11 is 3.60. The van der Waals surface area contributed by atoms with Crippen molar-refractivity contribution in [1.82, 2.24) is 0 Å². The van der Waals surface area contributed by atoms with Gasteiger partial charge in [0.15, 0.2) is 0 Å². The van der Waals surface area contributed by atoms with E-state index in [1.54, 1.807) is 6.08 Å². The van der Waals surface area contributed by atoms with Gasteiger partial charge in [-0.15, -0.1) is 0 Å². The van der Waals surface area contributed by atoms with Crippen LogP contribution in [0.1, 0.15) is 12.5 Å². The van der Waals surface area contributed by atoms with Gasteiger partial charge < -0.3 is 0 Å². The number of allylic oxidation sites excluding steroid dienone is 5. The van der Waals surface area contributed by atoms with Crippen molar-refractivity contribution in [3.8, 4) is 11.1 Å². The lowest BCUT2D eigenvalue weighted by Crippen LogP contribution is -1.85. The maximum absolute atomic E-state index is 3.72. The van der Waals surface area contributed by atoms with E-state index in [1.165, 1.54) is 22.3 Å². The Labute approximate surface area is 129 Å². The van der Waals surface area contributed by atoms with Crippen LogP contribution in [0.2, 0.25) is 0 Å². The van der Waals surface area contributed by atoms with Crippen LogP contribution in [0.3, 0.4) is 0 Å². The van der Waals surface area contributed by atoms with Crippen molar-refractivity contribution in [2.24, 2.45) is 0 Å². The Hall–Kier alpha value is -1.86. The van der Waals surface area contributed by atoms with Crippen LogP contribution in [0.15, 0.2) is 83.9 Å². The predicted molar refractivity (Wildman–Crippen MR) is 92.6 cm³/mol. The van der Waals surface area contributed by atoms with Crippen LogP contribution in [0, 0.1) is 0 Å². The van der Waals surface area contributed by atoms with Crippen molar-refractivity contribution in [3.05, 3.63) is 89.5 Å². The Morgan fingerprint density at radius 2 is 1.80 bits per heavy atom. The molecule has 0 spiro atoms. The van der Waals surface area contributed by atoms with Gasteiger partial charge in [0, 0.05) is 4.47 Å². The fourth-order valence-corrected chi connectivity index (χ4v) is 2.58. The molecule has 20 heavy (non-hydrogen) atoms. The van der Waals surface area contributed by atoms with Gasteiger partial charge >= 0.3 is 0 Å². The van der Waals surface area contributed by atoms with E-state index in [4.69, 9.17) is 0 Å². The van der Waals surface area contributed by atoms with Crippen molar-refractivity contribution in [2.75, 3.05) is 0 Å². The molecule has 0 heterocycles. The molecule has 0 atom stereocenters. The molecule has 0 bridgehead atoms. The minimum Gasteiger partial charge on any atom is -0.0991 e. The van der Waals surface area contributed by atoms with Crippen molar-refractivity contribution in [1.29, 1.82) is 0 Å². The lowest BCUT2D eigenvalue weighted by molar-refractivity contribution is 1.54. The first kappa shape index (κ1) is 14.5. The maximum Gasteiger partial charge on any atom is 0.0187 e. The minimum atomic E-state index is 1.08. The standard InChI is InChI=1S/C19H17Br/c1-3-5-9-15(4-2)17-12-18(14-19(20)13-17)16-10-7-6-8-11-16/h3-14H,1H2,2H3. The Kier molecular flexibility index (Phi) is 5.14. The van der Waals surface area contributed by atoms with E-state index in [9.17, 15) is 0 Å². The third kappa shape index (κ3) is 3.58. The molecule has 2 aromatic rings. The number of hydrogen-bond acceptors (Lipinski definition) is 0. The number of halogens is 1. The first-order chi connectivity index (χ1) is 9.74. The molecule has 0 radical (unpaired) electrons. The molecule has 0 unspecified atom stereocenters. The zero-order chi connectivity index (χ0) is 14.4. The molecule has 0 amide bonds. The second-order valence-corrected chi connectivity index (χ2v) is 5.35. The Morgan fingerprint density at radius 1 is 1.05 bits per heavy atom. The molecule has 0 aliphatic carbocycles. The van der Waals surface area contributed by atoms with E-state index in [-0.39, 0.29) is 0 Å². The van der Waals surface area contributed by atoms with Crippen LogP contribution >= 0.6 is 15.9 Å². The number of hydrogen-bond donors (Lipinski definition) is 0. The molecular weight excluding hydrogens is 308 g/mol. The van der Waals surface area contributed by atoms with Crippen LogP contribution in [0.25, 0.3) is 16.7 Å². The van der Waals surface area contributed by atoms with E-state index in [1.807, 2.05) is 19.1 Å². The maximum atomic E-state index is 3.72. The van der Waals surface area contributed by atoms with E-state index in [0.717, 1.165) is 4.47 Å². The van der Waals surface area contributed by atoms with Gasteiger partial charge in [-0.1, -0.05) is 77.1 Å². The summed E-state index contributed by atoms with van der Waals surface area (Å²) in [5.41, 5.74) is 4.81. The summed E-state index contributed by atoms with van der Waals surface area (Å²) in [5.74, 6) is 0. The average Bonchev–Trinajstić information content (AvgIpc) is 2.48. The monoisotopic (exact) mass is 324 g/mol. The van der Waals surface area contributed by atoms with Gasteiger partial charge in [-0.2, -0.15) is 0 Å². The van der Waals surface area contributed by atoms with Crippen molar-refractivity contribution >= 4 is 21.5 Å². The van der Waals surface area contributed by atoms with Gasteiger partial charge in [-0.3, -0.25) is 0 Å². The Bertz CT molecular complexity index is 649. The van der Waals surface area contributed by atoms with E-state index in [2.05, 4.69) is 77.1 Å². The summed E-state index contributed by atoms with van der Waals surface area (Å²) < 4.78 is 1.08. The van der Waals surface area contributed by atoms with Crippen LogP contribution < -0.4 is 0 Å². The second-order valence-electron chi connectivity index (χ2n) is 4.43. The normalized spacial score (nSPS) is 11.8. The molecule has 1 heteroatoms. The lowest BCUT2D eigenvalue weighted by atomic mass is 9.98. The zero-order valence-electron chi connectivity index (χ0n) is 11.5. The summed E-state index contributed by atoms with van der Waals surface area (Å²) in [6.07, 6.45) is 7.93. The van der Waals surface area contributed by atoms with E-state index in [0.29, 0.717) is 0 Å². The first-order valence-corrected chi connectivity index (χ1v) is 7.35. The van der Waals surface area contributed by atoms with Gasteiger partial charge in [0.25, 0.3) is 0 Å². The van der Waals surface area contributed by atoms with Gasteiger partial charge in [-0.25, -0.2) is 0 Å². The van der Waals surface area contributed by atoms with Gasteiger partial charge in [0.2, 0.25) is 0 Å². The van der Waals surface area contributed by atoms with Crippen LogP contribution in [0.5, 0.6) is 0 Å². The molecule has 0 nitrogen and oxygen atoms in total. The average molecular weight is 325 g/mol. The molecule has 100 valence electrons. The lowest BCUT2D eigenvalue weighted by Gasteiger charge is -2.08. The Balaban J connectivity index is 2.49. The molecular formula is C19H17Br. The summed E-state index contributed by atoms with van der Waals surface area (Å²) in [6.45, 7) is 5.77. The summed E-state index contributed by atoms with van der Waals surface area (Å²) in [4.78, 5) is 0. The van der Waals surface area contributed by atoms with E-state index >= 15 is 0 Å². The SMILES string of the molecule is C=CC=CC(=CC)c1cc(Br)cc(-c2ccccc2)c1. The number of rotatable bonds is 4. The number of benzene rings is 2. The van der Waals surface area contributed by atoms with Crippen molar-refractivity contribution in [2.45, 2.75) is 6.92 Å². The van der Waals surface area contributed by atoms with Crippen LogP contribution in [0.4, 0.5) is 0 Å². The summed E-state index contributed by atoms with van der Waals surface area (Å²) in [5, 5.41) is 0. The van der Waals surface area contributed by atoms with Crippen molar-refractivity contribution < 1.29 is 0 Å². The summed E-state index contributed by atoms with van der Waals surface area (Å²) in [6, 6.07) is 16.9. The molecule has 0 saturated carbocycles. The highest BCUT2D eigenvalue weighted by Crippen LogP contribution is 2.28. The van der Waals surface area contributed by atoms with E-state index < -0.39 is 0 Å². The van der Waals surface area contributed by atoms with Gasteiger partial charge in [0.05, 0.1) is 0 Å². The zero-order valence-corrected chi connectivity index (χ0v) is 13.1. The quantitative estimate of drug-likeness (QED) is 0.582. The fraction of sp³-hybridized carbons (Fsp3) is 0.0526. The van der Waals surface area contributed by atoms with Gasteiger partial charge in [0.1, 0.15) is 0 Å². The summed E-state index contributed by atoms with van der Waals surface area (Å²) in [7, 11) is 0. The highest BCUT2D eigenvalue weighted by Gasteiger charge is 2.04. The minimum absolute atomic E-state index is 1.08. The third-order valence-corrected chi connectivity index (χ3v) is 3.52. The molecule has 2 aromatic carbocycles. The topological polar surface area (TPSA) is 0 Å². The molecule has 0 aromatic heterocycles. The Morgan fingerprint density at radius 3 is 2.45 bits per heavy atom. The molecule has 0 aliphatic rings. The predicted octanol–water partition coefficient (Wildman–Crippen LogP) is 6.26. The highest BCUT2D eigenvalue weighted by molar-refractivity contribution is 9.10. The smallest absolute Gasteiger partial charge is 0.0187 e. The first-order valence-electron chi connectivity index (χ1n) is 6.56. The molecule has 0 N–H and O–H groups in total. The molecule has 0 saturated heterocycles. The van der Waals surface area contributed by atoms with Crippen molar-refractivity contribution in [3.63, 3.8) is 0 Å². The fourth-order valence-electron chi connectivity index (χ4n) is 2.08. The largest absolute Gasteiger partial charge is 0.0991 e. The van der Waals surface area contributed by atoms with Crippen LogP contribution in [-0.4, -0.2) is 0 Å². The van der Waals surface area contributed by atoms with Gasteiger partial charge in [-0.05, 0) is 47.4 Å². The third-order valence-electron chi connectivity index (χ3n) is 3.06. The molecule has 2 rings (SSSR count). The second kappa shape index (κ2) is 7.06. The molecule has 0 fully saturated rings.